The maximum absolute atomic E-state index is 12.8. The third kappa shape index (κ3) is 2.22. The minimum atomic E-state index is -3.66. The fourth-order valence-electron chi connectivity index (χ4n) is 2.29. The lowest BCUT2D eigenvalue weighted by molar-refractivity contribution is 0.589. The summed E-state index contributed by atoms with van der Waals surface area (Å²) in [6.07, 6.45) is 3.19. The van der Waals surface area contributed by atoms with E-state index in [-0.39, 0.29) is 10.9 Å². The molecule has 0 spiro atoms. The summed E-state index contributed by atoms with van der Waals surface area (Å²) >= 11 is 0. The molecule has 108 valence electrons. The van der Waals surface area contributed by atoms with Gasteiger partial charge in [-0.2, -0.15) is 0 Å². The number of hydrogen-bond donors (Lipinski definition) is 1. The Hall–Kier alpha value is -2.18. The maximum atomic E-state index is 12.8. The van der Waals surface area contributed by atoms with Gasteiger partial charge in [-0.25, -0.2) is 12.4 Å². The molecular formula is C15H15N3O2S. The molecule has 3 aromatic rings. The highest BCUT2D eigenvalue weighted by Gasteiger charge is 2.22. The highest BCUT2D eigenvalue weighted by Crippen LogP contribution is 2.27. The van der Waals surface area contributed by atoms with Crippen LogP contribution < -0.4 is 5.73 Å². The molecule has 3 rings (SSSR count). The van der Waals surface area contributed by atoms with Crippen molar-refractivity contribution in [3.8, 4) is 0 Å². The van der Waals surface area contributed by atoms with Crippen LogP contribution in [0.2, 0.25) is 0 Å². The van der Waals surface area contributed by atoms with Crippen LogP contribution in [0.1, 0.15) is 18.5 Å². The van der Waals surface area contributed by atoms with E-state index < -0.39 is 10.0 Å². The molecule has 0 aliphatic heterocycles. The number of hydrogen-bond acceptors (Lipinski definition) is 4. The van der Waals surface area contributed by atoms with Crippen molar-refractivity contribution in [2.24, 2.45) is 5.73 Å². The number of nitrogens with zero attached hydrogens (tertiary/aromatic N) is 2. The maximum Gasteiger partial charge on any atom is 0.268 e. The van der Waals surface area contributed by atoms with E-state index >= 15 is 0 Å². The van der Waals surface area contributed by atoms with Crippen molar-refractivity contribution in [1.29, 1.82) is 0 Å². The van der Waals surface area contributed by atoms with Crippen LogP contribution in [0.5, 0.6) is 0 Å². The van der Waals surface area contributed by atoms with E-state index in [4.69, 9.17) is 5.73 Å². The van der Waals surface area contributed by atoms with E-state index in [0.717, 1.165) is 0 Å². The van der Waals surface area contributed by atoms with E-state index in [1.54, 1.807) is 54.9 Å². The number of pyridine rings is 1. The monoisotopic (exact) mass is 301 g/mol. The van der Waals surface area contributed by atoms with Crippen molar-refractivity contribution in [3.63, 3.8) is 0 Å². The van der Waals surface area contributed by atoms with Crippen molar-refractivity contribution in [2.75, 3.05) is 0 Å². The first-order valence-corrected chi connectivity index (χ1v) is 7.98. The van der Waals surface area contributed by atoms with E-state index in [9.17, 15) is 8.42 Å². The lowest BCUT2D eigenvalue weighted by Crippen LogP contribution is -2.12. The van der Waals surface area contributed by atoms with Gasteiger partial charge < -0.3 is 5.73 Å². The van der Waals surface area contributed by atoms with Crippen LogP contribution in [0.4, 0.5) is 0 Å². The van der Waals surface area contributed by atoms with Crippen LogP contribution >= 0.6 is 0 Å². The molecular weight excluding hydrogens is 286 g/mol. The summed E-state index contributed by atoms with van der Waals surface area (Å²) < 4.78 is 26.8. The van der Waals surface area contributed by atoms with Gasteiger partial charge in [-0.05, 0) is 31.2 Å². The Labute approximate surface area is 123 Å². The standard InChI is InChI=1S/C15H15N3O2S/c1-11(16)13-10-18(14-8-5-9-17-15(13)14)21(19,20)12-6-3-2-4-7-12/h2-11H,16H2,1H3. The molecule has 0 aliphatic rings. The summed E-state index contributed by atoms with van der Waals surface area (Å²) in [6, 6.07) is 11.5. The zero-order chi connectivity index (χ0) is 15.0. The Bertz CT molecular complexity index is 884. The molecule has 2 heterocycles. The normalized spacial score (nSPS) is 13.4. The Morgan fingerprint density at radius 2 is 1.86 bits per heavy atom. The molecule has 0 saturated heterocycles. The smallest absolute Gasteiger partial charge is 0.268 e. The van der Waals surface area contributed by atoms with Gasteiger partial charge in [-0.3, -0.25) is 4.98 Å². The minimum Gasteiger partial charge on any atom is -0.324 e. The largest absolute Gasteiger partial charge is 0.324 e. The molecule has 1 unspecified atom stereocenters. The number of nitrogens with two attached hydrogens (primary N) is 1. The second-order valence-electron chi connectivity index (χ2n) is 4.86. The molecule has 5 nitrogen and oxygen atoms in total. The first-order valence-electron chi connectivity index (χ1n) is 6.54. The number of rotatable bonds is 3. The minimum absolute atomic E-state index is 0.238. The molecule has 0 radical (unpaired) electrons. The second-order valence-corrected chi connectivity index (χ2v) is 6.67. The quantitative estimate of drug-likeness (QED) is 0.805. The average Bonchev–Trinajstić information content (AvgIpc) is 2.88. The number of aromatic nitrogens is 2. The molecule has 6 heteroatoms. The lowest BCUT2D eigenvalue weighted by atomic mass is 10.1. The van der Waals surface area contributed by atoms with E-state index in [0.29, 0.717) is 16.6 Å². The fraction of sp³-hybridized carbons (Fsp3) is 0.133. The van der Waals surface area contributed by atoms with Crippen molar-refractivity contribution >= 4 is 21.1 Å². The zero-order valence-electron chi connectivity index (χ0n) is 11.5. The third-order valence-corrected chi connectivity index (χ3v) is 5.03. The van der Waals surface area contributed by atoms with E-state index in [1.807, 2.05) is 6.92 Å². The molecule has 1 aromatic carbocycles. The molecule has 1 atom stereocenters. The molecule has 0 saturated carbocycles. The molecule has 0 bridgehead atoms. The van der Waals surface area contributed by atoms with Gasteiger partial charge in [0.05, 0.1) is 15.9 Å². The van der Waals surface area contributed by atoms with Crippen LogP contribution in [-0.4, -0.2) is 17.4 Å². The highest BCUT2D eigenvalue weighted by molar-refractivity contribution is 7.90. The van der Waals surface area contributed by atoms with Crippen molar-refractivity contribution in [2.45, 2.75) is 17.9 Å². The predicted octanol–water partition coefficient (Wildman–Crippen LogP) is 2.29. The van der Waals surface area contributed by atoms with Crippen LogP contribution in [0.15, 0.2) is 59.8 Å². The summed E-state index contributed by atoms with van der Waals surface area (Å²) in [6.45, 7) is 1.81. The highest BCUT2D eigenvalue weighted by atomic mass is 32.2. The lowest BCUT2D eigenvalue weighted by Gasteiger charge is -2.06. The number of fused-ring (bicyclic) bond motifs is 1. The molecule has 2 aromatic heterocycles. The van der Waals surface area contributed by atoms with Gasteiger partial charge in [0, 0.05) is 24.0 Å². The summed E-state index contributed by atoms with van der Waals surface area (Å²) in [5, 5.41) is 0. The molecule has 21 heavy (non-hydrogen) atoms. The summed E-state index contributed by atoms with van der Waals surface area (Å²) in [5.41, 5.74) is 7.79. The van der Waals surface area contributed by atoms with Crippen LogP contribution in [0, 0.1) is 0 Å². The Balaban J connectivity index is 2.31. The third-order valence-electron chi connectivity index (χ3n) is 3.34. The van der Waals surface area contributed by atoms with E-state index in [2.05, 4.69) is 4.98 Å². The topological polar surface area (TPSA) is 78.0 Å². The van der Waals surface area contributed by atoms with Crippen molar-refractivity contribution in [1.82, 2.24) is 8.96 Å². The fourth-order valence-corrected chi connectivity index (χ4v) is 3.68. The average molecular weight is 301 g/mol. The van der Waals surface area contributed by atoms with Gasteiger partial charge in [0.25, 0.3) is 10.0 Å². The van der Waals surface area contributed by atoms with Crippen molar-refractivity contribution in [3.05, 3.63) is 60.4 Å². The van der Waals surface area contributed by atoms with Gasteiger partial charge in [0.2, 0.25) is 0 Å². The first-order chi connectivity index (χ1) is 10.0. The first kappa shape index (κ1) is 13.8. The summed E-state index contributed by atoms with van der Waals surface area (Å²) in [7, 11) is -3.66. The van der Waals surface area contributed by atoms with Gasteiger partial charge >= 0.3 is 0 Å². The van der Waals surface area contributed by atoms with Crippen LogP contribution in [0.3, 0.4) is 0 Å². The van der Waals surface area contributed by atoms with Gasteiger partial charge in [0.15, 0.2) is 0 Å². The van der Waals surface area contributed by atoms with E-state index in [1.165, 1.54) is 3.97 Å². The molecule has 2 N–H and O–H groups in total. The number of benzene rings is 1. The molecule has 0 aliphatic carbocycles. The summed E-state index contributed by atoms with van der Waals surface area (Å²) in [5.74, 6) is 0. The Morgan fingerprint density at radius 1 is 1.14 bits per heavy atom. The molecule has 0 amide bonds. The predicted molar refractivity (Wildman–Crippen MR) is 81.4 cm³/mol. The zero-order valence-corrected chi connectivity index (χ0v) is 12.3. The van der Waals surface area contributed by atoms with Crippen LogP contribution in [0.25, 0.3) is 11.0 Å². The van der Waals surface area contributed by atoms with Gasteiger partial charge in [-0.15, -0.1) is 0 Å². The van der Waals surface area contributed by atoms with Crippen molar-refractivity contribution < 1.29 is 8.42 Å². The second kappa shape index (κ2) is 4.98. The Morgan fingerprint density at radius 3 is 2.52 bits per heavy atom. The van der Waals surface area contributed by atoms with Crippen LogP contribution in [-0.2, 0) is 10.0 Å². The SMILES string of the molecule is CC(N)c1cn(S(=O)(=O)c2ccccc2)c2cccnc12. The van der Waals surface area contributed by atoms with Gasteiger partial charge in [-0.1, -0.05) is 18.2 Å². The van der Waals surface area contributed by atoms with Gasteiger partial charge in [0.1, 0.15) is 0 Å². The Kier molecular flexibility index (Phi) is 3.27. The summed E-state index contributed by atoms with van der Waals surface area (Å²) in [4.78, 5) is 4.50. The molecule has 0 fully saturated rings.